The molecule has 1 fully saturated rings. The van der Waals surface area contributed by atoms with Gasteiger partial charge in [-0.3, -0.25) is 4.79 Å². The summed E-state index contributed by atoms with van der Waals surface area (Å²) < 4.78 is 1.81. The van der Waals surface area contributed by atoms with Gasteiger partial charge in [0, 0.05) is 17.0 Å². The van der Waals surface area contributed by atoms with Crippen LogP contribution in [-0.2, 0) is 0 Å². The van der Waals surface area contributed by atoms with Gasteiger partial charge in [0.1, 0.15) is 0 Å². The number of thiazole rings is 1. The zero-order valence-electron chi connectivity index (χ0n) is 15.2. The van der Waals surface area contributed by atoms with Gasteiger partial charge in [-0.1, -0.05) is 43.7 Å². The van der Waals surface area contributed by atoms with Gasteiger partial charge in [-0.2, -0.15) is 5.10 Å². The second-order valence-corrected chi connectivity index (χ2v) is 7.98. The average molecular weight is 366 g/mol. The third-order valence-corrected chi connectivity index (χ3v) is 5.35. The first kappa shape index (κ1) is 17.0. The molecule has 6 heteroatoms. The minimum absolute atomic E-state index is 0.0298. The summed E-state index contributed by atoms with van der Waals surface area (Å²) in [5, 5.41) is 10.4. The predicted molar refractivity (Wildman–Crippen MR) is 104 cm³/mol. The van der Waals surface area contributed by atoms with Crippen LogP contribution in [0.25, 0.3) is 16.4 Å². The van der Waals surface area contributed by atoms with Gasteiger partial charge in [-0.25, -0.2) is 9.67 Å². The Morgan fingerprint density at radius 1 is 1.27 bits per heavy atom. The Labute approximate surface area is 157 Å². The van der Waals surface area contributed by atoms with Crippen LogP contribution >= 0.6 is 11.3 Å². The molecule has 0 unspecified atom stereocenters. The minimum Gasteiger partial charge on any atom is -0.349 e. The Kier molecular flexibility index (Phi) is 4.36. The third-order valence-electron chi connectivity index (χ3n) is 4.53. The van der Waals surface area contributed by atoms with Gasteiger partial charge in [0.25, 0.3) is 5.91 Å². The molecule has 0 aliphatic heterocycles. The van der Waals surface area contributed by atoms with E-state index < -0.39 is 0 Å². The molecule has 0 bridgehead atoms. The molecule has 1 saturated carbocycles. The highest BCUT2D eigenvalue weighted by Crippen LogP contribution is 2.29. The summed E-state index contributed by atoms with van der Waals surface area (Å²) in [6, 6.07) is 8.66. The number of hydrogen-bond donors (Lipinski definition) is 1. The van der Waals surface area contributed by atoms with Crippen molar-refractivity contribution >= 4 is 17.2 Å². The largest absolute Gasteiger partial charge is 0.349 e. The van der Waals surface area contributed by atoms with Gasteiger partial charge in [0.2, 0.25) is 5.13 Å². The fourth-order valence-electron chi connectivity index (χ4n) is 2.95. The molecule has 2 aromatic heterocycles. The van der Waals surface area contributed by atoms with E-state index >= 15 is 0 Å². The van der Waals surface area contributed by atoms with Crippen molar-refractivity contribution in [2.45, 2.75) is 45.6 Å². The molecular weight excluding hydrogens is 344 g/mol. The van der Waals surface area contributed by atoms with Crippen LogP contribution in [0.3, 0.4) is 0 Å². The molecule has 1 N–H and O–H groups in total. The number of nitrogens with zero attached hydrogens (tertiary/aromatic N) is 3. The van der Waals surface area contributed by atoms with Crippen LogP contribution in [0.2, 0.25) is 0 Å². The van der Waals surface area contributed by atoms with Gasteiger partial charge < -0.3 is 5.32 Å². The SMILES string of the molecule is Cc1ccc(-c2csc(-n3ncc(C(=O)NC4CC4)c3C(C)C)n2)cc1. The monoisotopic (exact) mass is 366 g/mol. The summed E-state index contributed by atoms with van der Waals surface area (Å²) in [5.41, 5.74) is 4.80. The van der Waals surface area contributed by atoms with E-state index in [-0.39, 0.29) is 11.8 Å². The van der Waals surface area contributed by atoms with E-state index in [4.69, 9.17) is 4.98 Å². The van der Waals surface area contributed by atoms with Crippen molar-refractivity contribution in [2.24, 2.45) is 0 Å². The molecule has 4 rings (SSSR count). The summed E-state index contributed by atoms with van der Waals surface area (Å²) in [7, 11) is 0. The molecule has 1 aliphatic carbocycles. The summed E-state index contributed by atoms with van der Waals surface area (Å²) in [6.07, 6.45) is 3.81. The van der Waals surface area contributed by atoms with Crippen molar-refractivity contribution < 1.29 is 4.79 Å². The number of amides is 1. The van der Waals surface area contributed by atoms with E-state index in [9.17, 15) is 4.79 Å². The van der Waals surface area contributed by atoms with Crippen LogP contribution in [0, 0.1) is 6.92 Å². The van der Waals surface area contributed by atoms with Crippen LogP contribution in [0.5, 0.6) is 0 Å². The topological polar surface area (TPSA) is 59.8 Å². The molecule has 1 aromatic carbocycles. The van der Waals surface area contributed by atoms with Gasteiger partial charge in [-0.15, -0.1) is 11.3 Å². The smallest absolute Gasteiger partial charge is 0.255 e. The van der Waals surface area contributed by atoms with Crippen LogP contribution in [0.4, 0.5) is 0 Å². The summed E-state index contributed by atoms with van der Waals surface area (Å²) in [6.45, 7) is 6.23. The molecule has 0 saturated heterocycles. The quantitative estimate of drug-likeness (QED) is 0.731. The highest BCUT2D eigenvalue weighted by molar-refractivity contribution is 7.12. The van der Waals surface area contributed by atoms with Gasteiger partial charge in [0.05, 0.1) is 23.1 Å². The van der Waals surface area contributed by atoms with E-state index in [1.54, 1.807) is 17.5 Å². The first-order valence-electron chi connectivity index (χ1n) is 8.94. The molecular formula is C20H22N4OS. The lowest BCUT2D eigenvalue weighted by molar-refractivity contribution is 0.0949. The molecule has 0 spiro atoms. The van der Waals surface area contributed by atoms with Crippen LogP contribution < -0.4 is 5.32 Å². The summed E-state index contributed by atoms with van der Waals surface area (Å²) in [4.78, 5) is 17.3. The van der Waals surface area contributed by atoms with Gasteiger partial charge >= 0.3 is 0 Å². The minimum atomic E-state index is -0.0298. The Hall–Kier alpha value is -2.47. The lowest BCUT2D eigenvalue weighted by Crippen LogP contribution is -2.26. The zero-order valence-corrected chi connectivity index (χ0v) is 16.0. The maximum Gasteiger partial charge on any atom is 0.255 e. The lowest BCUT2D eigenvalue weighted by atomic mass is 10.1. The summed E-state index contributed by atoms with van der Waals surface area (Å²) in [5.74, 6) is 0.141. The van der Waals surface area contributed by atoms with E-state index in [1.165, 1.54) is 5.56 Å². The van der Waals surface area contributed by atoms with E-state index in [1.807, 2.05) is 10.1 Å². The molecule has 26 heavy (non-hydrogen) atoms. The maximum atomic E-state index is 12.5. The van der Waals surface area contributed by atoms with Gasteiger partial charge in [-0.05, 0) is 25.7 Å². The predicted octanol–water partition coefficient (Wildman–Crippen LogP) is 4.32. The number of aryl methyl sites for hydroxylation is 1. The second-order valence-electron chi connectivity index (χ2n) is 7.14. The van der Waals surface area contributed by atoms with Crippen molar-refractivity contribution in [1.29, 1.82) is 0 Å². The Morgan fingerprint density at radius 3 is 2.65 bits per heavy atom. The van der Waals surface area contributed by atoms with E-state index in [2.05, 4.69) is 55.5 Å². The highest BCUT2D eigenvalue weighted by atomic mass is 32.1. The molecule has 5 nitrogen and oxygen atoms in total. The highest BCUT2D eigenvalue weighted by Gasteiger charge is 2.28. The average Bonchev–Trinajstić information content (AvgIpc) is 3.13. The molecule has 0 atom stereocenters. The van der Waals surface area contributed by atoms with Crippen molar-refractivity contribution in [1.82, 2.24) is 20.1 Å². The normalized spacial score (nSPS) is 14.0. The van der Waals surface area contributed by atoms with Crippen LogP contribution in [0.1, 0.15) is 54.2 Å². The Bertz CT molecular complexity index is 935. The van der Waals surface area contributed by atoms with E-state index in [0.29, 0.717) is 11.6 Å². The number of aromatic nitrogens is 3. The Balaban J connectivity index is 1.68. The molecule has 1 aliphatic rings. The zero-order chi connectivity index (χ0) is 18.3. The fraction of sp³-hybridized carbons (Fsp3) is 0.350. The molecule has 1 amide bonds. The van der Waals surface area contributed by atoms with Gasteiger partial charge in [0.15, 0.2) is 0 Å². The Morgan fingerprint density at radius 2 is 2.00 bits per heavy atom. The second kappa shape index (κ2) is 6.68. The number of carbonyl (C=O) groups excluding carboxylic acids is 1. The number of benzene rings is 1. The third kappa shape index (κ3) is 3.29. The van der Waals surface area contributed by atoms with Crippen LogP contribution in [-0.4, -0.2) is 26.7 Å². The van der Waals surface area contributed by atoms with Crippen LogP contribution in [0.15, 0.2) is 35.8 Å². The number of nitrogens with one attached hydrogen (secondary N) is 1. The molecule has 0 radical (unpaired) electrons. The lowest BCUT2D eigenvalue weighted by Gasteiger charge is -2.10. The standard InChI is InChI=1S/C20H22N4OS/c1-12(2)18-16(19(25)22-15-8-9-15)10-21-24(18)20-23-17(11-26-20)14-6-4-13(3)5-7-14/h4-7,10-12,15H,8-9H2,1-3H3,(H,22,25). The molecule has 3 aromatic rings. The van der Waals surface area contributed by atoms with Crippen molar-refractivity contribution in [2.75, 3.05) is 0 Å². The van der Waals surface area contributed by atoms with E-state index in [0.717, 1.165) is 34.9 Å². The first-order chi connectivity index (χ1) is 12.5. The van der Waals surface area contributed by atoms with Crippen molar-refractivity contribution in [3.8, 4) is 16.4 Å². The first-order valence-corrected chi connectivity index (χ1v) is 9.82. The fourth-order valence-corrected chi connectivity index (χ4v) is 3.75. The number of hydrogen-bond acceptors (Lipinski definition) is 4. The summed E-state index contributed by atoms with van der Waals surface area (Å²) >= 11 is 1.54. The number of rotatable bonds is 5. The molecule has 134 valence electrons. The van der Waals surface area contributed by atoms with Crippen molar-refractivity contribution in [3.63, 3.8) is 0 Å². The van der Waals surface area contributed by atoms with Crippen molar-refractivity contribution in [3.05, 3.63) is 52.7 Å². The maximum absolute atomic E-state index is 12.5. The molecule has 2 heterocycles. The number of carbonyl (C=O) groups is 1.